The van der Waals surface area contributed by atoms with Gasteiger partial charge in [0.1, 0.15) is 0 Å². The summed E-state index contributed by atoms with van der Waals surface area (Å²) in [6.07, 6.45) is 1.94. The number of hydrogen-bond donors (Lipinski definition) is 0. The summed E-state index contributed by atoms with van der Waals surface area (Å²) in [6, 6.07) is 8.25. The van der Waals surface area contributed by atoms with Crippen LogP contribution in [0.3, 0.4) is 0 Å². The van der Waals surface area contributed by atoms with Crippen molar-refractivity contribution in [2.75, 3.05) is 6.54 Å². The highest BCUT2D eigenvalue weighted by molar-refractivity contribution is 7.89. The van der Waals surface area contributed by atoms with Gasteiger partial charge in [0.2, 0.25) is 10.0 Å². The average Bonchev–Trinajstić information content (AvgIpc) is 3.14. The van der Waals surface area contributed by atoms with Crippen LogP contribution in [0.15, 0.2) is 29.2 Å². The van der Waals surface area contributed by atoms with Crippen molar-refractivity contribution in [1.29, 1.82) is 5.26 Å². The number of rotatable bonds is 5. The van der Waals surface area contributed by atoms with Gasteiger partial charge in [0.15, 0.2) is 0 Å². The summed E-state index contributed by atoms with van der Waals surface area (Å²) in [6.45, 7) is 0.246. The van der Waals surface area contributed by atoms with Gasteiger partial charge in [0.25, 0.3) is 0 Å². The Bertz CT molecular complexity index is 576. The standard InChI is InChI=1S/C12H13ClN2O2S/c13-10-3-1-4-12(9-10)18(16,17)15(8-2-7-14)11-5-6-11/h1,3-4,9,11H,2,5-6,8H2. The summed E-state index contributed by atoms with van der Waals surface area (Å²) >= 11 is 5.82. The van der Waals surface area contributed by atoms with Crippen LogP contribution in [-0.4, -0.2) is 25.3 Å². The van der Waals surface area contributed by atoms with Crippen molar-refractivity contribution in [2.45, 2.75) is 30.2 Å². The van der Waals surface area contributed by atoms with Gasteiger partial charge in [-0.15, -0.1) is 0 Å². The highest BCUT2D eigenvalue weighted by Gasteiger charge is 2.37. The van der Waals surface area contributed by atoms with Crippen molar-refractivity contribution < 1.29 is 8.42 Å². The Labute approximate surface area is 112 Å². The number of nitrogens with zero attached hydrogens (tertiary/aromatic N) is 2. The molecule has 1 aromatic carbocycles. The van der Waals surface area contributed by atoms with Crippen molar-refractivity contribution in [3.63, 3.8) is 0 Å². The summed E-state index contributed by atoms with van der Waals surface area (Å²) in [5, 5.41) is 9.00. The van der Waals surface area contributed by atoms with Gasteiger partial charge in [0, 0.05) is 24.0 Å². The Kier molecular flexibility index (Phi) is 3.91. The van der Waals surface area contributed by atoms with E-state index in [1.807, 2.05) is 6.07 Å². The van der Waals surface area contributed by atoms with Gasteiger partial charge in [0.05, 0.1) is 11.0 Å². The summed E-state index contributed by atoms with van der Waals surface area (Å²) in [5.74, 6) is 0. The average molecular weight is 285 g/mol. The molecule has 0 saturated heterocycles. The van der Waals surface area contributed by atoms with Crippen LogP contribution in [-0.2, 0) is 10.0 Å². The Morgan fingerprint density at radius 3 is 2.72 bits per heavy atom. The molecule has 0 amide bonds. The van der Waals surface area contributed by atoms with E-state index >= 15 is 0 Å². The molecule has 2 rings (SSSR count). The summed E-state index contributed by atoms with van der Waals surface area (Å²) in [4.78, 5) is 0.194. The maximum absolute atomic E-state index is 12.4. The molecule has 96 valence electrons. The maximum Gasteiger partial charge on any atom is 0.243 e. The van der Waals surface area contributed by atoms with Gasteiger partial charge < -0.3 is 0 Å². The van der Waals surface area contributed by atoms with E-state index in [-0.39, 0.29) is 23.9 Å². The first-order valence-corrected chi connectivity index (χ1v) is 7.52. The minimum absolute atomic E-state index is 0.0438. The molecule has 0 spiro atoms. The normalized spacial score (nSPS) is 15.6. The highest BCUT2D eigenvalue weighted by atomic mass is 35.5. The lowest BCUT2D eigenvalue weighted by Crippen LogP contribution is -2.33. The first-order chi connectivity index (χ1) is 8.55. The molecule has 1 aliphatic rings. The SMILES string of the molecule is N#CCCN(C1CC1)S(=O)(=O)c1cccc(Cl)c1. The molecule has 0 aliphatic heterocycles. The fourth-order valence-corrected chi connectivity index (χ4v) is 3.77. The van der Waals surface area contributed by atoms with Gasteiger partial charge in [-0.3, -0.25) is 0 Å². The smallest absolute Gasteiger partial charge is 0.207 e. The van der Waals surface area contributed by atoms with Gasteiger partial charge >= 0.3 is 0 Å². The predicted octanol–water partition coefficient (Wildman–Crippen LogP) is 2.41. The van der Waals surface area contributed by atoms with E-state index in [0.29, 0.717) is 5.02 Å². The molecule has 0 bridgehead atoms. The zero-order chi connectivity index (χ0) is 13.2. The minimum Gasteiger partial charge on any atom is -0.207 e. The van der Waals surface area contributed by atoms with Crippen molar-refractivity contribution in [1.82, 2.24) is 4.31 Å². The van der Waals surface area contributed by atoms with Crippen molar-refractivity contribution in [2.24, 2.45) is 0 Å². The van der Waals surface area contributed by atoms with Crippen LogP contribution in [0.1, 0.15) is 19.3 Å². The number of sulfonamides is 1. The molecule has 1 aromatic rings. The van der Waals surface area contributed by atoms with Crippen LogP contribution in [0.2, 0.25) is 5.02 Å². The number of benzene rings is 1. The molecular weight excluding hydrogens is 272 g/mol. The number of nitriles is 1. The van der Waals surface area contributed by atoms with Gasteiger partial charge in [-0.2, -0.15) is 9.57 Å². The molecule has 1 aliphatic carbocycles. The molecule has 18 heavy (non-hydrogen) atoms. The Hall–Kier alpha value is -1.09. The van der Waals surface area contributed by atoms with Crippen LogP contribution in [0.25, 0.3) is 0 Å². The molecule has 1 fully saturated rings. The quantitative estimate of drug-likeness (QED) is 0.834. The zero-order valence-corrected chi connectivity index (χ0v) is 11.3. The fourth-order valence-electron chi connectivity index (χ4n) is 1.78. The van der Waals surface area contributed by atoms with Gasteiger partial charge in [-0.05, 0) is 31.0 Å². The van der Waals surface area contributed by atoms with E-state index in [0.717, 1.165) is 12.8 Å². The molecule has 0 aromatic heterocycles. The van der Waals surface area contributed by atoms with Gasteiger partial charge in [-0.25, -0.2) is 8.42 Å². The molecule has 4 nitrogen and oxygen atoms in total. The van der Waals surface area contributed by atoms with Crippen molar-refractivity contribution in [3.8, 4) is 6.07 Å². The van der Waals surface area contributed by atoms with Crippen LogP contribution < -0.4 is 0 Å². The fraction of sp³-hybridized carbons (Fsp3) is 0.417. The van der Waals surface area contributed by atoms with Gasteiger partial charge in [-0.1, -0.05) is 17.7 Å². The topological polar surface area (TPSA) is 61.2 Å². The molecule has 1 saturated carbocycles. The first kappa shape index (κ1) is 13.3. The van der Waals surface area contributed by atoms with Crippen LogP contribution in [0.5, 0.6) is 0 Å². The lowest BCUT2D eigenvalue weighted by molar-refractivity contribution is 0.411. The van der Waals surface area contributed by atoms with E-state index in [1.54, 1.807) is 12.1 Å². The van der Waals surface area contributed by atoms with E-state index in [1.165, 1.54) is 16.4 Å². The maximum atomic E-state index is 12.4. The van der Waals surface area contributed by atoms with E-state index in [4.69, 9.17) is 16.9 Å². The third kappa shape index (κ3) is 2.83. The van der Waals surface area contributed by atoms with Crippen LogP contribution in [0, 0.1) is 11.3 Å². The molecule has 0 unspecified atom stereocenters. The summed E-state index contributed by atoms with van der Waals surface area (Å²) in [5.41, 5.74) is 0. The highest BCUT2D eigenvalue weighted by Crippen LogP contribution is 2.32. The molecule has 0 N–H and O–H groups in total. The first-order valence-electron chi connectivity index (χ1n) is 5.70. The second-order valence-electron chi connectivity index (χ2n) is 4.21. The second-order valence-corrected chi connectivity index (χ2v) is 6.54. The van der Waals surface area contributed by atoms with Crippen molar-refractivity contribution >= 4 is 21.6 Å². The number of hydrogen-bond acceptors (Lipinski definition) is 3. The van der Waals surface area contributed by atoms with Crippen molar-refractivity contribution in [3.05, 3.63) is 29.3 Å². The molecular formula is C12H13ClN2O2S. The largest absolute Gasteiger partial charge is 0.243 e. The lowest BCUT2D eigenvalue weighted by Gasteiger charge is -2.20. The van der Waals surface area contributed by atoms with Crippen LogP contribution >= 0.6 is 11.6 Å². The summed E-state index contributed by atoms with van der Waals surface area (Å²) in [7, 11) is -3.53. The summed E-state index contributed by atoms with van der Waals surface area (Å²) < 4.78 is 26.3. The molecule has 0 atom stereocenters. The van der Waals surface area contributed by atoms with E-state index < -0.39 is 10.0 Å². The predicted molar refractivity (Wildman–Crippen MR) is 68.6 cm³/mol. The van der Waals surface area contributed by atoms with Crippen LogP contribution in [0.4, 0.5) is 0 Å². The lowest BCUT2D eigenvalue weighted by atomic mass is 10.4. The number of halogens is 1. The second kappa shape index (κ2) is 5.27. The minimum atomic E-state index is -3.53. The monoisotopic (exact) mass is 284 g/mol. The third-order valence-electron chi connectivity index (χ3n) is 2.80. The zero-order valence-electron chi connectivity index (χ0n) is 9.71. The molecule has 6 heteroatoms. The van der Waals surface area contributed by atoms with E-state index in [9.17, 15) is 8.42 Å². The molecule has 0 radical (unpaired) electrons. The van der Waals surface area contributed by atoms with E-state index in [2.05, 4.69) is 0 Å². The Morgan fingerprint density at radius 2 is 2.17 bits per heavy atom. The third-order valence-corrected chi connectivity index (χ3v) is 4.98. The Balaban J connectivity index is 2.30. The Morgan fingerprint density at radius 1 is 1.44 bits per heavy atom. The molecule has 0 heterocycles.